The second kappa shape index (κ2) is 9.23. The zero-order valence-corrected chi connectivity index (χ0v) is 15.5. The van der Waals surface area contributed by atoms with Crippen LogP contribution in [-0.4, -0.2) is 35.5 Å². The van der Waals surface area contributed by atoms with E-state index in [1.165, 1.54) is 0 Å². The van der Waals surface area contributed by atoms with Gasteiger partial charge in [-0.1, -0.05) is 54.2 Å². The monoisotopic (exact) mass is 384 g/mol. The van der Waals surface area contributed by atoms with Crippen molar-refractivity contribution in [2.45, 2.75) is 18.1 Å². The van der Waals surface area contributed by atoms with Crippen molar-refractivity contribution < 1.29 is 19.1 Å². The Bertz CT molecular complexity index is 808. The fourth-order valence-corrected chi connectivity index (χ4v) is 3.51. The first-order chi connectivity index (χ1) is 13.1. The molecule has 1 aliphatic heterocycles. The van der Waals surface area contributed by atoms with Gasteiger partial charge in [0.25, 0.3) is 11.1 Å². The van der Waals surface area contributed by atoms with Crippen LogP contribution < -0.4 is 15.4 Å². The van der Waals surface area contributed by atoms with Crippen molar-refractivity contribution in [3.8, 4) is 5.75 Å². The van der Waals surface area contributed by atoms with E-state index in [-0.39, 0.29) is 28.9 Å². The van der Waals surface area contributed by atoms with E-state index in [4.69, 9.17) is 4.74 Å². The first kappa shape index (κ1) is 19.0. The Balaban J connectivity index is 1.38. The van der Waals surface area contributed by atoms with E-state index >= 15 is 0 Å². The Morgan fingerprint density at radius 3 is 2.41 bits per heavy atom. The lowest BCUT2D eigenvalue weighted by Gasteiger charge is -2.09. The second-order valence-corrected chi connectivity index (χ2v) is 7.28. The van der Waals surface area contributed by atoms with Crippen LogP contribution in [0.1, 0.15) is 11.1 Å². The number of imide groups is 1. The fraction of sp³-hybridized carbons (Fsp3) is 0.250. The third-order valence-electron chi connectivity index (χ3n) is 4.06. The van der Waals surface area contributed by atoms with Gasteiger partial charge in [-0.15, -0.1) is 0 Å². The van der Waals surface area contributed by atoms with Crippen LogP contribution in [0.4, 0.5) is 4.79 Å². The molecule has 140 valence electrons. The highest BCUT2D eigenvalue weighted by Gasteiger charge is 2.31. The molecule has 0 saturated carbocycles. The summed E-state index contributed by atoms with van der Waals surface area (Å²) in [6.45, 7) is 0.508. The summed E-state index contributed by atoms with van der Waals surface area (Å²) in [6.07, 6.45) is 1.23. The molecule has 0 aliphatic carbocycles. The molecule has 6 nitrogen and oxygen atoms in total. The van der Waals surface area contributed by atoms with E-state index in [1.807, 2.05) is 42.5 Å². The third kappa shape index (κ3) is 5.86. The number of carbonyl (C=O) groups is 3. The highest BCUT2D eigenvalue weighted by Crippen LogP contribution is 2.23. The van der Waals surface area contributed by atoms with Gasteiger partial charge >= 0.3 is 0 Å². The first-order valence-corrected chi connectivity index (χ1v) is 9.52. The van der Waals surface area contributed by atoms with Gasteiger partial charge in [0.2, 0.25) is 5.91 Å². The van der Waals surface area contributed by atoms with Crippen molar-refractivity contribution in [2.75, 3.05) is 13.2 Å². The summed E-state index contributed by atoms with van der Waals surface area (Å²) in [5.41, 5.74) is 2.09. The lowest BCUT2D eigenvalue weighted by Crippen LogP contribution is -2.30. The van der Waals surface area contributed by atoms with Crippen LogP contribution in [0.25, 0.3) is 0 Å². The van der Waals surface area contributed by atoms with Gasteiger partial charge in [-0.3, -0.25) is 19.7 Å². The first-order valence-electron chi connectivity index (χ1n) is 8.64. The van der Waals surface area contributed by atoms with Gasteiger partial charge in [0.05, 0.1) is 5.25 Å². The standard InChI is InChI=1S/C20H20N2O4S/c23-18(13-26-16-4-2-1-3-5-16)21-11-10-14-6-8-15(9-7-14)12-17-19(24)22-20(25)27-17/h1-9,17H,10-13H2,(H,21,23)(H,22,24,25)/t17-/m0/s1. The van der Waals surface area contributed by atoms with Crippen LogP contribution >= 0.6 is 11.8 Å². The third-order valence-corrected chi connectivity index (χ3v) is 5.04. The molecule has 2 N–H and O–H groups in total. The smallest absolute Gasteiger partial charge is 0.286 e. The number of amides is 3. The molecule has 0 aromatic heterocycles. The van der Waals surface area contributed by atoms with E-state index in [1.54, 1.807) is 12.1 Å². The molecule has 3 rings (SSSR count). The SMILES string of the molecule is O=C(COc1ccccc1)NCCc1ccc(C[C@@H]2SC(=O)NC2=O)cc1. The van der Waals surface area contributed by atoms with Crippen molar-refractivity contribution in [1.82, 2.24) is 10.6 Å². The van der Waals surface area contributed by atoms with Crippen molar-refractivity contribution in [2.24, 2.45) is 0 Å². The van der Waals surface area contributed by atoms with Crippen LogP contribution in [0, 0.1) is 0 Å². The summed E-state index contributed by atoms with van der Waals surface area (Å²) in [4.78, 5) is 34.6. The minimum absolute atomic E-state index is 0.0111. The lowest BCUT2D eigenvalue weighted by atomic mass is 10.1. The average Bonchev–Trinajstić information content (AvgIpc) is 2.99. The van der Waals surface area contributed by atoms with E-state index in [9.17, 15) is 14.4 Å². The Morgan fingerprint density at radius 2 is 1.74 bits per heavy atom. The van der Waals surface area contributed by atoms with Crippen molar-refractivity contribution in [3.63, 3.8) is 0 Å². The molecule has 7 heteroatoms. The minimum Gasteiger partial charge on any atom is -0.484 e. The number of para-hydroxylation sites is 1. The molecule has 27 heavy (non-hydrogen) atoms. The highest BCUT2D eigenvalue weighted by atomic mass is 32.2. The van der Waals surface area contributed by atoms with Gasteiger partial charge in [0, 0.05) is 6.54 Å². The molecule has 0 bridgehead atoms. The molecule has 1 fully saturated rings. The Labute approximate surface area is 161 Å². The minimum atomic E-state index is -0.354. The topological polar surface area (TPSA) is 84.5 Å². The van der Waals surface area contributed by atoms with Gasteiger partial charge in [-0.2, -0.15) is 0 Å². The highest BCUT2D eigenvalue weighted by molar-refractivity contribution is 8.15. The van der Waals surface area contributed by atoms with Crippen molar-refractivity contribution in [1.29, 1.82) is 0 Å². The Hall–Kier alpha value is -2.80. The van der Waals surface area contributed by atoms with E-state index < -0.39 is 0 Å². The van der Waals surface area contributed by atoms with Gasteiger partial charge < -0.3 is 10.1 Å². The summed E-state index contributed by atoms with van der Waals surface area (Å²) in [6, 6.07) is 17.1. The van der Waals surface area contributed by atoms with Gasteiger partial charge in [-0.25, -0.2) is 0 Å². The Morgan fingerprint density at radius 1 is 1.04 bits per heavy atom. The predicted octanol–water partition coefficient (Wildman–Crippen LogP) is 2.32. The number of hydrogen-bond donors (Lipinski definition) is 2. The molecule has 1 aliphatic rings. The zero-order valence-electron chi connectivity index (χ0n) is 14.6. The summed E-state index contributed by atoms with van der Waals surface area (Å²) in [5, 5.41) is 4.48. The van der Waals surface area contributed by atoms with Crippen LogP contribution in [0.15, 0.2) is 54.6 Å². The second-order valence-electron chi connectivity index (χ2n) is 6.11. The number of nitrogens with one attached hydrogen (secondary N) is 2. The van der Waals surface area contributed by atoms with Crippen molar-refractivity contribution >= 4 is 28.8 Å². The summed E-state index contributed by atoms with van der Waals surface area (Å²) in [7, 11) is 0. The van der Waals surface area contributed by atoms with Gasteiger partial charge in [0.1, 0.15) is 5.75 Å². The summed E-state index contributed by atoms with van der Waals surface area (Å²) >= 11 is 1.03. The van der Waals surface area contributed by atoms with E-state index in [2.05, 4.69) is 10.6 Å². The number of benzene rings is 2. The summed E-state index contributed by atoms with van der Waals surface area (Å²) < 4.78 is 5.40. The maximum absolute atomic E-state index is 11.8. The number of hydrogen-bond acceptors (Lipinski definition) is 5. The van der Waals surface area contributed by atoms with Crippen LogP contribution in [-0.2, 0) is 22.4 Å². The quantitative estimate of drug-likeness (QED) is 0.730. The maximum atomic E-state index is 11.8. The molecular weight excluding hydrogens is 364 g/mol. The van der Waals surface area contributed by atoms with Crippen LogP contribution in [0.3, 0.4) is 0 Å². The zero-order chi connectivity index (χ0) is 19.1. The molecule has 0 spiro atoms. The number of rotatable bonds is 8. The fourth-order valence-electron chi connectivity index (χ4n) is 2.65. The van der Waals surface area contributed by atoms with Crippen LogP contribution in [0.5, 0.6) is 5.75 Å². The predicted molar refractivity (Wildman–Crippen MR) is 104 cm³/mol. The molecule has 1 atom stereocenters. The molecule has 0 radical (unpaired) electrons. The maximum Gasteiger partial charge on any atom is 0.286 e. The summed E-state index contributed by atoms with van der Waals surface area (Å²) in [5.74, 6) is 0.276. The number of ether oxygens (including phenoxy) is 1. The average molecular weight is 384 g/mol. The van der Waals surface area contributed by atoms with Crippen molar-refractivity contribution in [3.05, 3.63) is 65.7 Å². The molecule has 0 unspecified atom stereocenters. The van der Waals surface area contributed by atoms with E-state index in [0.717, 1.165) is 22.9 Å². The number of carbonyl (C=O) groups excluding carboxylic acids is 3. The van der Waals surface area contributed by atoms with E-state index in [0.29, 0.717) is 25.1 Å². The van der Waals surface area contributed by atoms with Crippen LogP contribution in [0.2, 0.25) is 0 Å². The molecule has 2 aromatic rings. The molecular formula is C20H20N2O4S. The molecule has 1 saturated heterocycles. The molecule has 2 aromatic carbocycles. The lowest BCUT2D eigenvalue weighted by molar-refractivity contribution is -0.123. The molecule has 3 amide bonds. The van der Waals surface area contributed by atoms with Gasteiger partial charge in [0.15, 0.2) is 6.61 Å². The Kier molecular flexibility index (Phi) is 6.49. The molecule has 1 heterocycles. The van der Waals surface area contributed by atoms with Gasteiger partial charge in [-0.05, 0) is 36.1 Å². The largest absolute Gasteiger partial charge is 0.484 e. The normalized spacial score (nSPS) is 16.1. The number of thioether (sulfide) groups is 1.